The van der Waals surface area contributed by atoms with Gasteiger partial charge in [0.1, 0.15) is 23.7 Å². The lowest BCUT2D eigenvalue weighted by Gasteiger charge is -2.27. The Morgan fingerprint density at radius 3 is 2.62 bits per heavy atom. The lowest BCUT2D eigenvalue weighted by molar-refractivity contribution is -0.126. The molecule has 0 saturated carbocycles. The monoisotopic (exact) mass is 359 g/mol. The van der Waals surface area contributed by atoms with Crippen molar-refractivity contribution < 1.29 is 18.7 Å². The standard InChI is InChI=1S/C20H25NO5/c1-13-17(25-12-20(3,4)14(2)22)6-5-15-16(23)11-18(26-19(13)15)21-7-9-24-10-8-21/h5-6,11H,7-10,12H2,1-4H3. The highest BCUT2D eigenvalue weighted by Crippen LogP contribution is 2.30. The van der Waals surface area contributed by atoms with E-state index < -0.39 is 5.41 Å². The molecule has 0 radical (unpaired) electrons. The lowest BCUT2D eigenvalue weighted by Crippen LogP contribution is -2.36. The summed E-state index contributed by atoms with van der Waals surface area (Å²) in [5.74, 6) is 1.24. The second-order valence-electron chi connectivity index (χ2n) is 7.34. The van der Waals surface area contributed by atoms with Crippen molar-refractivity contribution in [2.45, 2.75) is 27.7 Å². The van der Waals surface area contributed by atoms with Crippen LogP contribution in [-0.2, 0) is 9.53 Å². The molecule has 1 saturated heterocycles. The SMILES string of the molecule is CC(=O)C(C)(C)COc1ccc2c(=O)cc(N3CCOCC3)oc2c1C. The number of rotatable bonds is 5. The van der Waals surface area contributed by atoms with Crippen molar-refractivity contribution in [3.05, 3.63) is 34.0 Å². The van der Waals surface area contributed by atoms with Crippen molar-refractivity contribution in [2.24, 2.45) is 5.41 Å². The van der Waals surface area contributed by atoms with Crippen LogP contribution >= 0.6 is 0 Å². The zero-order chi connectivity index (χ0) is 18.9. The average Bonchev–Trinajstić information content (AvgIpc) is 2.62. The molecule has 1 aliphatic heterocycles. The maximum Gasteiger partial charge on any atom is 0.200 e. The molecule has 0 N–H and O–H groups in total. The van der Waals surface area contributed by atoms with E-state index in [1.807, 2.05) is 25.7 Å². The highest BCUT2D eigenvalue weighted by Gasteiger charge is 2.25. The van der Waals surface area contributed by atoms with Gasteiger partial charge in [0.25, 0.3) is 0 Å². The van der Waals surface area contributed by atoms with Gasteiger partial charge in [0, 0.05) is 24.7 Å². The molecule has 26 heavy (non-hydrogen) atoms. The number of benzene rings is 1. The van der Waals surface area contributed by atoms with E-state index in [9.17, 15) is 9.59 Å². The smallest absolute Gasteiger partial charge is 0.200 e. The number of morpholine rings is 1. The third-order valence-electron chi connectivity index (χ3n) is 4.95. The van der Waals surface area contributed by atoms with Crippen molar-refractivity contribution in [1.82, 2.24) is 0 Å². The van der Waals surface area contributed by atoms with Crippen molar-refractivity contribution in [2.75, 3.05) is 37.8 Å². The molecule has 2 heterocycles. The first-order chi connectivity index (χ1) is 12.3. The molecule has 1 aliphatic rings. The van der Waals surface area contributed by atoms with E-state index in [0.29, 0.717) is 48.9 Å². The van der Waals surface area contributed by atoms with Crippen LogP contribution in [0.4, 0.5) is 5.88 Å². The highest BCUT2D eigenvalue weighted by atomic mass is 16.5. The molecule has 1 fully saturated rings. The van der Waals surface area contributed by atoms with Crippen LogP contribution < -0.4 is 15.1 Å². The Morgan fingerprint density at radius 1 is 1.27 bits per heavy atom. The zero-order valence-corrected chi connectivity index (χ0v) is 15.8. The van der Waals surface area contributed by atoms with Gasteiger partial charge in [0.05, 0.1) is 24.0 Å². The third-order valence-corrected chi connectivity index (χ3v) is 4.95. The molecular formula is C20H25NO5. The number of ether oxygens (including phenoxy) is 2. The molecule has 6 nitrogen and oxygen atoms in total. The third kappa shape index (κ3) is 3.60. The van der Waals surface area contributed by atoms with Gasteiger partial charge in [0.2, 0.25) is 0 Å². The number of hydrogen-bond donors (Lipinski definition) is 0. The van der Waals surface area contributed by atoms with E-state index in [1.54, 1.807) is 19.1 Å². The van der Waals surface area contributed by atoms with Crippen LogP contribution in [0.2, 0.25) is 0 Å². The van der Waals surface area contributed by atoms with E-state index in [4.69, 9.17) is 13.9 Å². The first kappa shape index (κ1) is 18.5. The number of carbonyl (C=O) groups is 1. The Morgan fingerprint density at radius 2 is 1.96 bits per heavy atom. The molecule has 0 amide bonds. The second-order valence-corrected chi connectivity index (χ2v) is 7.34. The Labute approximate surface area is 152 Å². The summed E-state index contributed by atoms with van der Waals surface area (Å²) in [7, 11) is 0. The molecule has 140 valence electrons. The van der Waals surface area contributed by atoms with E-state index >= 15 is 0 Å². The van der Waals surface area contributed by atoms with Crippen molar-refractivity contribution in [3.8, 4) is 5.75 Å². The van der Waals surface area contributed by atoms with Crippen LogP contribution in [-0.4, -0.2) is 38.7 Å². The number of fused-ring (bicyclic) bond motifs is 1. The van der Waals surface area contributed by atoms with Crippen molar-refractivity contribution >= 4 is 22.6 Å². The molecular weight excluding hydrogens is 334 g/mol. The minimum Gasteiger partial charge on any atom is -0.492 e. The Hall–Kier alpha value is -2.34. The summed E-state index contributed by atoms with van der Waals surface area (Å²) < 4.78 is 17.3. The normalized spacial score (nSPS) is 15.3. The maximum absolute atomic E-state index is 12.5. The molecule has 0 aliphatic carbocycles. The van der Waals surface area contributed by atoms with E-state index in [-0.39, 0.29) is 17.8 Å². The fourth-order valence-corrected chi connectivity index (χ4v) is 2.78. The molecule has 0 atom stereocenters. The summed E-state index contributed by atoms with van der Waals surface area (Å²) >= 11 is 0. The molecule has 6 heteroatoms. The van der Waals surface area contributed by atoms with Gasteiger partial charge < -0.3 is 18.8 Å². The Balaban J connectivity index is 1.96. The Kier molecular flexibility index (Phi) is 5.05. The number of carbonyl (C=O) groups excluding carboxylic acids is 1. The van der Waals surface area contributed by atoms with Crippen LogP contribution in [0, 0.1) is 12.3 Å². The quantitative estimate of drug-likeness (QED) is 0.818. The maximum atomic E-state index is 12.5. The second kappa shape index (κ2) is 7.11. The minimum atomic E-state index is -0.572. The number of ketones is 1. The molecule has 3 rings (SSSR count). The Bertz CT molecular complexity index is 878. The van der Waals surface area contributed by atoms with Crippen molar-refractivity contribution in [1.29, 1.82) is 0 Å². The van der Waals surface area contributed by atoms with Gasteiger partial charge in [-0.3, -0.25) is 9.59 Å². The summed E-state index contributed by atoms with van der Waals surface area (Å²) in [6, 6.07) is 5.01. The molecule has 0 unspecified atom stereocenters. The summed E-state index contributed by atoms with van der Waals surface area (Å²) in [4.78, 5) is 26.2. The zero-order valence-electron chi connectivity index (χ0n) is 15.8. The van der Waals surface area contributed by atoms with Gasteiger partial charge in [-0.15, -0.1) is 0 Å². The number of anilines is 1. The van der Waals surface area contributed by atoms with Gasteiger partial charge in [-0.2, -0.15) is 0 Å². The lowest BCUT2D eigenvalue weighted by atomic mass is 9.90. The average molecular weight is 359 g/mol. The molecule has 1 aromatic carbocycles. The topological polar surface area (TPSA) is 69.0 Å². The summed E-state index contributed by atoms with van der Waals surface area (Å²) in [6.45, 7) is 10.0. The molecule has 1 aromatic heterocycles. The van der Waals surface area contributed by atoms with Gasteiger partial charge in [0.15, 0.2) is 11.3 Å². The number of aryl methyl sites for hydroxylation is 1. The summed E-state index contributed by atoms with van der Waals surface area (Å²) in [5, 5.41) is 0.526. The minimum absolute atomic E-state index is 0.0667. The first-order valence-electron chi connectivity index (χ1n) is 8.83. The first-order valence-corrected chi connectivity index (χ1v) is 8.83. The fourth-order valence-electron chi connectivity index (χ4n) is 2.78. The summed E-state index contributed by atoms with van der Waals surface area (Å²) in [6.07, 6.45) is 0. The van der Waals surface area contributed by atoms with Crippen LogP contribution in [0.15, 0.2) is 27.4 Å². The van der Waals surface area contributed by atoms with E-state index in [1.165, 1.54) is 6.07 Å². The largest absolute Gasteiger partial charge is 0.492 e. The molecule has 2 aromatic rings. The van der Waals surface area contributed by atoms with Crippen LogP contribution in [0.3, 0.4) is 0 Å². The van der Waals surface area contributed by atoms with E-state index in [2.05, 4.69) is 0 Å². The predicted octanol–water partition coefficient (Wildman–Crippen LogP) is 2.93. The fraction of sp³-hybridized carbons (Fsp3) is 0.500. The number of hydrogen-bond acceptors (Lipinski definition) is 6. The molecule has 0 bridgehead atoms. The molecule has 0 spiro atoms. The van der Waals surface area contributed by atoms with Gasteiger partial charge in [-0.1, -0.05) is 0 Å². The van der Waals surface area contributed by atoms with Gasteiger partial charge in [-0.25, -0.2) is 0 Å². The predicted molar refractivity (Wildman–Crippen MR) is 100 cm³/mol. The van der Waals surface area contributed by atoms with E-state index in [0.717, 1.165) is 5.56 Å². The van der Waals surface area contributed by atoms with Crippen molar-refractivity contribution in [3.63, 3.8) is 0 Å². The van der Waals surface area contributed by atoms with Crippen LogP contribution in [0.1, 0.15) is 26.3 Å². The number of Topliss-reactive ketones (excluding diaryl/α,β-unsaturated/α-hetero) is 1. The number of nitrogens with zero attached hydrogens (tertiary/aromatic N) is 1. The summed E-state index contributed by atoms with van der Waals surface area (Å²) in [5.41, 5.74) is 0.635. The highest BCUT2D eigenvalue weighted by molar-refractivity contribution is 5.83. The van der Waals surface area contributed by atoms with Gasteiger partial charge >= 0.3 is 0 Å². The van der Waals surface area contributed by atoms with Crippen LogP contribution in [0.5, 0.6) is 5.75 Å². The van der Waals surface area contributed by atoms with Crippen LogP contribution in [0.25, 0.3) is 11.0 Å². The van der Waals surface area contributed by atoms with Gasteiger partial charge in [-0.05, 0) is 39.8 Å².